The molecular weight excluding hydrogens is 603 g/mol. The maximum absolute atomic E-state index is 13.5. The Kier molecular flexibility index (Phi) is 9.51. The first-order valence-corrected chi connectivity index (χ1v) is 14.9. The van der Waals surface area contributed by atoms with Crippen LogP contribution in [0.3, 0.4) is 0 Å². The molecule has 1 atom stereocenters. The Bertz CT molecular complexity index is 1820. The Morgan fingerprint density at radius 1 is 0.814 bits per heavy atom. The van der Waals surface area contributed by atoms with Crippen molar-refractivity contribution in [2.24, 2.45) is 0 Å². The molecule has 0 aliphatic rings. The van der Waals surface area contributed by atoms with Gasteiger partial charge in [-0.15, -0.1) is 11.8 Å². The Balaban J connectivity index is 1.30. The summed E-state index contributed by atoms with van der Waals surface area (Å²) in [5.74, 6) is -1.20. The molecular formula is C33H26Cl2N4O3S. The van der Waals surface area contributed by atoms with Crippen molar-refractivity contribution in [1.29, 1.82) is 0 Å². The summed E-state index contributed by atoms with van der Waals surface area (Å²) in [6, 6.07) is 28.3. The molecule has 0 fully saturated rings. The van der Waals surface area contributed by atoms with Gasteiger partial charge in [-0.25, -0.2) is 0 Å². The highest BCUT2D eigenvalue weighted by atomic mass is 35.5. The van der Waals surface area contributed by atoms with Crippen LogP contribution in [-0.2, 0) is 9.59 Å². The van der Waals surface area contributed by atoms with Gasteiger partial charge in [-0.05, 0) is 79.0 Å². The van der Waals surface area contributed by atoms with E-state index in [-0.39, 0.29) is 11.6 Å². The fraction of sp³-hybridized carbons (Fsp3) is 0.0606. The number of carbonyl (C=O) groups is 3. The number of amides is 3. The van der Waals surface area contributed by atoms with Crippen molar-refractivity contribution in [1.82, 2.24) is 10.3 Å². The van der Waals surface area contributed by atoms with Crippen molar-refractivity contribution in [3.05, 3.63) is 130 Å². The number of hydrogen-bond donors (Lipinski definition) is 4. The number of fused-ring (bicyclic) bond motifs is 1. The van der Waals surface area contributed by atoms with E-state index in [1.165, 1.54) is 17.8 Å². The molecule has 43 heavy (non-hydrogen) atoms. The molecule has 0 radical (unpaired) electrons. The van der Waals surface area contributed by atoms with Crippen LogP contribution < -0.4 is 16.0 Å². The number of halogens is 2. The second-order valence-electron chi connectivity index (χ2n) is 9.52. The molecule has 1 unspecified atom stereocenters. The van der Waals surface area contributed by atoms with Crippen molar-refractivity contribution >= 4 is 81.0 Å². The van der Waals surface area contributed by atoms with E-state index >= 15 is 0 Å². The van der Waals surface area contributed by atoms with Gasteiger partial charge in [0, 0.05) is 49.2 Å². The number of aromatic nitrogens is 1. The van der Waals surface area contributed by atoms with E-state index in [9.17, 15) is 14.4 Å². The van der Waals surface area contributed by atoms with Crippen LogP contribution in [0.25, 0.3) is 17.0 Å². The van der Waals surface area contributed by atoms with E-state index < -0.39 is 17.1 Å². The first kappa shape index (κ1) is 30.0. The molecule has 5 rings (SSSR count). The van der Waals surface area contributed by atoms with Crippen LogP contribution >= 0.6 is 35.0 Å². The van der Waals surface area contributed by atoms with Crippen molar-refractivity contribution < 1.29 is 14.4 Å². The molecule has 5 aromatic rings. The topological polar surface area (TPSA) is 103 Å². The third-order valence-corrected chi connectivity index (χ3v) is 8.17. The predicted octanol–water partition coefficient (Wildman–Crippen LogP) is 8.00. The van der Waals surface area contributed by atoms with Gasteiger partial charge in [0.05, 0.1) is 5.25 Å². The summed E-state index contributed by atoms with van der Waals surface area (Å²) >= 11 is 14.0. The summed E-state index contributed by atoms with van der Waals surface area (Å²) in [6.45, 7) is 1.81. The molecule has 0 bridgehead atoms. The normalized spacial score (nSPS) is 12.0. The molecule has 4 aromatic carbocycles. The summed E-state index contributed by atoms with van der Waals surface area (Å²) in [5.41, 5.74) is 2.84. The maximum atomic E-state index is 13.5. The van der Waals surface area contributed by atoms with Gasteiger partial charge < -0.3 is 20.9 Å². The van der Waals surface area contributed by atoms with Crippen molar-refractivity contribution in [3.63, 3.8) is 0 Å². The summed E-state index contributed by atoms with van der Waals surface area (Å²) in [7, 11) is 0. The minimum atomic E-state index is -0.576. The minimum absolute atomic E-state index is 0.0475. The standard InChI is InChI=1S/C33H26Cl2N4O3S/c1-20(31(40)37-24-14-13-21-15-16-36-29(21)18-24)43-25-10-5-9-23(17-25)38-33(42)30(19-26-27(34)11-6-12-28(26)35)39-32(41)22-7-3-2-4-8-22/h2-20,36H,1H3,(H,37,40)(H,38,42)(H,39,41)/b30-19+. The van der Waals surface area contributed by atoms with Crippen molar-refractivity contribution in [2.75, 3.05) is 10.6 Å². The lowest BCUT2D eigenvalue weighted by Crippen LogP contribution is -2.30. The lowest BCUT2D eigenvalue weighted by Gasteiger charge is -2.14. The van der Waals surface area contributed by atoms with Gasteiger partial charge in [0.2, 0.25) is 5.91 Å². The van der Waals surface area contributed by atoms with Gasteiger partial charge in [-0.2, -0.15) is 0 Å². The third kappa shape index (κ3) is 7.67. The van der Waals surface area contributed by atoms with Gasteiger partial charge in [0.25, 0.3) is 11.8 Å². The zero-order valence-corrected chi connectivity index (χ0v) is 25.2. The monoisotopic (exact) mass is 628 g/mol. The van der Waals surface area contributed by atoms with Crippen LogP contribution in [0.2, 0.25) is 10.0 Å². The maximum Gasteiger partial charge on any atom is 0.272 e. The molecule has 10 heteroatoms. The summed E-state index contributed by atoms with van der Waals surface area (Å²) < 4.78 is 0. The van der Waals surface area contributed by atoms with E-state index in [4.69, 9.17) is 23.2 Å². The van der Waals surface area contributed by atoms with Gasteiger partial charge in [-0.3, -0.25) is 14.4 Å². The molecule has 0 saturated heterocycles. The van der Waals surface area contributed by atoms with Crippen LogP contribution in [0, 0.1) is 0 Å². The molecule has 1 aromatic heterocycles. The zero-order valence-electron chi connectivity index (χ0n) is 22.9. The lowest BCUT2D eigenvalue weighted by molar-refractivity contribution is -0.115. The molecule has 216 valence electrons. The van der Waals surface area contributed by atoms with Crippen LogP contribution in [0.4, 0.5) is 11.4 Å². The van der Waals surface area contributed by atoms with Gasteiger partial charge in [-0.1, -0.05) is 59.6 Å². The molecule has 7 nitrogen and oxygen atoms in total. The Morgan fingerprint density at radius 3 is 2.30 bits per heavy atom. The largest absolute Gasteiger partial charge is 0.361 e. The van der Waals surface area contributed by atoms with Crippen LogP contribution in [-0.4, -0.2) is 28.0 Å². The number of rotatable bonds is 9. The van der Waals surface area contributed by atoms with Crippen molar-refractivity contribution in [3.8, 4) is 0 Å². The molecule has 0 spiro atoms. The number of thioether (sulfide) groups is 1. The van der Waals surface area contributed by atoms with Crippen LogP contribution in [0.1, 0.15) is 22.8 Å². The van der Waals surface area contributed by atoms with Crippen molar-refractivity contribution in [2.45, 2.75) is 17.1 Å². The highest BCUT2D eigenvalue weighted by Gasteiger charge is 2.18. The minimum Gasteiger partial charge on any atom is -0.361 e. The number of aromatic amines is 1. The van der Waals surface area contributed by atoms with E-state index in [0.29, 0.717) is 32.5 Å². The van der Waals surface area contributed by atoms with Gasteiger partial charge in [0.15, 0.2) is 0 Å². The number of carbonyl (C=O) groups excluding carboxylic acids is 3. The van der Waals surface area contributed by atoms with E-state index in [1.54, 1.807) is 66.7 Å². The van der Waals surface area contributed by atoms with Gasteiger partial charge in [0.1, 0.15) is 5.70 Å². The number of nitrogens with one attached hydrogen (secondary N) is 4. The summed E-state index contributed by atoms with van der Waals surface area (Å²) in [5, 5.41) is 9.75. The second-order valence-corrected chi connectivity index (χ2v) is 11.8. The van der Waals surface area contributed by atoms with Gasteiger partial charge >= 0.3 is 0 Å². The van der Waals surface area contributed by atoms with Crippen LogP contribution in [0.5, 0.6) is 0 Å². The highest BCUT2D eigenvalue weighted by molar-refractivity contribution is 8.00. The third-order valence-electron chi connectivity index (χ3n) is 6.41. The first-order chi connectivity index (χ1) is 20.8. The quantitative estimate of drug-likeness (QED) is 0.0980. The average Bonchev–Trinajstić information content (AvgIpc) is 3.47. The Morgan fingerprint density at radius 2 is 1.53 bits per heavy atom. The molecule has 1 heterocycles. The molecule has 3 amide bonds. The smallest absolute Gasteiger partial charge is 0.272 e. The molecule has 0 saturated carbocycles. The molecule has 0 aliphatic carbocycles. The van der Waals surface area contributed by atoms with E-state index in [2.05, 4.69) is 20.9 Å². The van der Waals surface area contributed by atoms with E-state index in [0.717, 1.165) is 15.8 Å². The van der Waals surface area contributed by atoms with E-state index in [1.807, 2.05) is 43.5 Å². The molecule has 4 N–H and O–H groups in total. The Labute approximate surface area is 262 Å². The lowest BCUT2D eigenvalue weighted by atomic mass is 10.1. The average molecular weight is 630 g/mol. The predicted molar refractivity (Wildman–Crippen MR) is 176 cm³/mol. The summed E-state index contributed by atoms with van der Waals surface area (Å²) in [6.07, 6.45) is 3.29. The fourth-order valence-electron chi connectivity index (χ4n) is 4.21. The zero-order chi connectivity index (χ0) is 30.3. The highest BCUT2D eigenvalue weighted by Crippen LogP contribution is 2.29. The fourth-order valence-corrected chi connectivity index (χ4v) is 5.64. The SMILES string of the molecule is CC(Sc1cccc(NC(=O)/C(=C\c2c(Cl)cccc2Cl)NC(=O)c2ccccc2)c1)C(=O)Nc1ccc2cc[nH]c2c1. The number of H-pyrrole nitrogens is 1. The first-order valence-electron chi connectivity index (χ1n) is 13.2. The second kappa shape index (κ2) is 13.6. The molecule has 0 aliphatic heterocycles. The summed E-state index contributed by atoms with van der Waals surface area (Å²) in [4.78, 5) is 43.2. The number of anilines is 2. The number of hydrogen-bond acceptors (Lipinski definition) is 4. The Hall–Kier alpha value is -4.50. The van der Waals surface area contributed by atoms with Crippen LogP contribution in [0.15, 0.2) is 114 Å². The number of benzene rings is 4.